The quantitative estimate of drug-likeness (QED) is 0.123. The first-order valence-electron chi connectivity index (χ1n) is 22.5. The number of aromatic hydroxyl groups is 1. The zero-order valence-corrected chi connectivity index (χ0v) is 34.8. The van der Waals surface area contributed by atoms with Crippen molar-refractivity contribution in [2.75, 3.05) is 13.2 Å². The van der Waals surface area contributed by atoms with E-state index in [-0.39, 0.29) is 42.2 Å². The Balaban J connectivity index is 1.21. The first-order valence-corrected chi connectivity index (χ1v) is 22.5. The summed E-state index contributed by atoms with van der Waals surface area (Å²) in [5.41, 5.74) is 13.9. The molecule has 6 N–H and O–H groups in total. The largest absolute Gasteiger partial charge is 0.504 e. The normalized spacial score (nSPS) is 27.0. The van der Waals surface area contributed by atoms with Crippen LogP contribution in [0.5, 0.6) is 11.5 Å². The maximum absolute atomic E-state index is 11.4. The summed E-state index contributed by atoms with van der Waals surface area (Å²) in [5, 5.41) is 38.7. The fourth-order valence-corrected chi connectivity index (χ4v) is 11.5. The number of aromatic nitrogens is 1. The highest BCUT2D eigenvalue weighted by Gasteiger charge is 2.58. The first-order chi connectivity index (χ1) is 28.8. The molecule has 3 aliphatic heterocycles. The minimum Gasteiger partial charge on any atom is -0.504 e. The Kier molecular flexibility index (Phi) is 11.7. The van der Waals surface area contributed by atoms with Crippen molar-refractivity contribution in [2.24, 2.45) is 11.7 Å². The van der Waals surface area contributed by atoms with Gasteiger partial charge in [-0.2, -0.15) is 0 Å². The molecule has 1 spiro atoms. The second-order valence-electron chi connectivity index (χ2n) is 18.0. The van der Waals surface area contributed by atoms with Crippen molar-refractivity contribution in [1.29, 1.82) is 0 Å². The summed E-state index contributed by atoms with van der Waals surface area (Å²) in [6.07, 6.45) is 22.0. The molecule has 1 saturated heterocycles. The van der Waals surface area contributed by atoms with E-state index < -0.39 is 6.10 Å². The van der Waals surface area contributed by atoms with Gasteiger partial charge < -0.3 is 45.1 Å². The summed E-state index contributed by atoms with van der Waals surface area (Å²) in [5.74, 6) is 1.59. The van der Waals surface area contributed by atoms with Gasteiger partial charge >= 0.3 is 0 Å². The standard InChI is InChI=1S/C50H63N3O6/c1-2-3-5-11-41-27-40(55)16-13-34-26-45(44(56)25-37(34)30-54)58-32-38-24-39(23-36-28-53(29-42(36)38)48-35(31-57-41)15-18-47(51)52-48)50-21-22-59-49(19-8-4-9-20-49)46(50)17-14-33-10-6-7-12-43(33)50/h6-7,10,12,15,18,23-26,28-29,40-41,46-47,52,54-56H,2-5,8-9,11,13-14,16-17,19-22,27,30-32,51H2,1H3/t40-,41+,46+,47?,50+/m1/s1. The summed E-state index contributed by atoms with van der Waals surface area (Å²) in [6.45, 7) is 3.32. The van der Waals surface area contributed by atoms with Gasteiger partial charge in [-0.25, -0.2) is 0 Å². The Morgan fingerprint density at radius 3 is 2.63 bits per heavy atom. The number of aliphatic hydroxyl groups excluding tert-OH is 2. The lowest BCUT2D eigenvalue weighted by atomic mass is 9.51. The van der Waals surface area contributed by atoms with Crippen LogP contribution < -0.4 is 15.8 Å². The maximum Gasteiger partial charge on any atom is 0.161 e. The Labute approximate surface area is 349 Å². The second-order valence-corrected chi connectivity index (χ2v) is 18.0. The summed E-state index contributed by atoms with van der Waals surface area (Å²) in [4.78, 5) is 0. The van der Waals surface area contributed by atoms with Crippen LogP contribution in [0.1, 0.15) is 124 Å². The predicted octanol–water partition coefficient (Wildman–Crippen LogP) is 8.67. The lowest BCUT2D eigenvalue weighted by Crippen LogP contribution is -2.59. The lowest BCUT2D eigenvalue weighted by molar-refractivity contribution is -0.166. The van der Waals surface area contributed by atoms with Gasteiger partial charge in [-0.3, -0.25) is 0 Å². The van der Waals surface area contributed by atoms with Gasteiger partial charge in [-0.05, 0) is 115 Å². The molecule has 59 heavy (non-hydrogen) atoms. The number of ether oxygens (including phenoxy) is 3. The molecule has 4 bridgehead atoms. The number of hydrogen-bond acceptors (Lipinski definition) is 8. The smallest absolute Gasteiger partial charge is 0.161 e. The number of unbranched alkanes of at least 4 members (excludes halogenated alkanes) is 2. The number of aryl methyl sites for hydroxylation is 2. The van der Waals surface area contributed by atoms with Crippen LogP contribution in [0.4, 0.5) is 0 Å². The average Bonchev–Trinajstić information content (AvgIpc) is 3.69. The number of nitrogens with two attached hydrogens (primary N) is 1. The molecule has 4 heterocycles. The highest BCUT2D eigenvalue weighted by Crippen LogP contribution is 2.59. The zero-order chi connectivity index (χ0) is 40.6. The van der Waals surface area contributed by atoms with Crippen LogP contribution in [0.2, 0.25) is 0 Å². The molecule has 1 unspecified atom stereocenters. The van der Waals surface area contributed by atoms with E-state index in [1.807, 2.05) is 12.1 Å². The molecule has 9 rings (SSSR count). The van der Waals surface area contributed by atoms with Crippen molar-refractivity contribution in [1.82, 2.24) is 9.88 Å². The van der Waals surface area contributed by atoms with Gasteiger partial charge in [0.25, 0.3) is 0 Å². The van der Waals surface area contributed by atoms with Crippen molar-refractivity contribution < 1.29 is 29.5 Å². The number of phenols is 1. The number of nitrogens with one attached hydrogen (secondary N) is 1. The van der Waals surface area contributed by atoms with Crippen LogP contribution in [-0.4, -0.2) is 57.1 Å². The number of benzene rings is 3. The molecule has 4 aromatic rings. The third-order valence-electron chi connectivity index (χ3n) is 14.5. The van der Waals surface area contributed by atoms with E-state index in [2.05, 4.69) is 71.7 Å². The molecule has 314 valence electrons. The minimum atomic E-state index is -0.596. The molecule has 5 atom stereocenters. The molecule has 9 nitrogen and oxygen atoms in total. The van der Waals surface area contributed by atoms with Gasteiger partial charge in [0.2, 0.25) is 0 Å². The van der Waals surface area contributed by atoms with E-state index in [9.17, 15) is 15.3 Å². The van der Waals surface area contributed by atoms with Crippen molar-refractivity contribution in [3.8, 4) is 11.5 Å². The molecule has 5 aliphatic rings. The van der Waals surface area contributed by atoms with Crippen LogP contribution in [0.3, 0.4) is 0 Å². The van der Waals surface area contributed by atoms with E-state index in [1.165, 1.54) is 36.0 Å². The number of nitrogens with zero attached hydrogens (tertiary/aromatic N) is 1. The molecule has 0 radical (unpaired) electrons. The fourth-order valence-electron chi connectivity index (χ4n) is 11.5. The van der Waals surface area contributed by atoms with Crippen molar-refractivity contribution >= 4 is 16.6 Å². The van der Waals surface area contributed by atoms with E-state index in [0.717, 1.165) is 97.7 Å². The Morgan fingerprint density at radius 2 is 1.78 bits per heavy atom. The SMILES string of the molecule is CCCCC[C@H]1C[C@H](O)CCc2cc(c(O)cc2CO)OCc2cc([C@]34CCOC5(CCCCC5)[C@@H]3CCc3ccccc34)cc3cn(cc23)C2=C(C=CC(N)N2)CO1. The number of fused-ring (bicyclic) bond motifs is 8. The van der Waals surface area contributed by atoms with Gasteiger partial charge in [0.1, 0.15) is 12.4 Å². The third-order valence-corrected chi connectivity index (χ3v) is 14.5. The molecule has 0 amide bonds. The molecule has 2 fully saturated rings. The van der Waals surface area contributed by atoms with E-state index in [1.54, 1.807) is 6.07 Å². The van der Waals surface area contributed by atoms with E-state index in [4.69, 9.17) is 19.9 Å². The number of hydrogen-bond donors (Lipinski definition) is 5. The van der Waals surface area contributed by atoms with E-state index >= 15 is 0 Å². The first kappa shape index (κ1) is 40.3. The molecule has 3 aromatic carbocycles. The van der Waals surface area contributed by atoms with Crippen LogP contribution in [0.15, 0.2) is 78.6 Å². The summed E-state index contributed by atoms with van der Waals surface area (Å²) < 4.78 is 22.5. The summed E-state index contributed by atoms with van der Waals surface area (Å²) >= 11 is 0. The van der Waals surface area contributed by atoms with Crippen LogP contribution in [0.25, 0.3) is 16.6 Å². The molecule has 1 aromatic heterocycles. The molecule has 2 aliphatic carbocycles. The topological polar surface area (TPSA) is 131 Å². The summed E-state index contributed by atoms with van der Waals surface area (Å²) in [6, 6.07) is 17.4. The van der Waals surface area contributed by atoms with Crippen LogP contribution >= 0.6 is 0 Å². The van der Waals surface area contributed by atoms with Crippen molar-refractivity contribution in [3.05, 3.63) is 112 Å². The van der Waals surface area contributed by atoms with Gasteiger partial charge in [0.15, 0.2) is 11.5 Å². The Hall–Kier alpha value is -4.12. The highest BCUT2D eigenvalue weighted by molar-refractivity contribution is 5.88. The summed E-state index contributed by atoms with van der Waals surface area (Å²) in [7, 11) is 0. The van der Waals surface area contributed by atoms with Crippen molar-refractivity contribution in [3.63, 3.8) is 0 Å². The second kappa shape index (κ2) is 17.1. The van der Waals surface area contributed by atoms with Gasteiger partial charge in [0, 0.05) is 46.7 Å². The maximum atomic E-state index is 11.4. The highest BCUT2D eigenvalue weighted by atomic mass is 16.5. The minimum absolute atomic E-state index is 0.00683. The van der Waals surface area contributed by atoms with Crippen LogP contribution in [0, 0.1) is 5.92 Å². The number of rotatable bonds is 6. The van der Waals surface area contributed by atoms with Gasteiger partial charge in [0.05, 0.1) is 37.2 Å². The number of aliphatic hydroxyl groups is 2. The molecule has 1 saturated carbocycles. The predicted molar refractivity (Wildman–Crippen MR) is 232 cm³/mol. The zero-order valence-electron chi connectivity index (χ0n) is 34.8. The molecular formula is C50H63N3O6. The van der Waals surface area contributed by atoms with Crippen molar-refractivity contribution in [2.45, 2.75) is 146 Å². The molecular weight excluding hydrogens is 739 g/mol. The van der Waals surface area contributed by atoms with Gasteiger partial charge in [-0.1, -0.05) is 81.9 Å². The van der Waals surface area contributed by atoms with Crippen LogP contribution in [-0.2, 0) is 40.9 Å². The third kappa shape index (κ3) is 7.74. The number of dihydropyridines is 1. The number of phenolic OH excluding ortho intramolecular Hbond substituents is 1. The Bertz CT molecular complexity index is 2200. The molecule has 9 heteroatoms. The Morgan fingerprint density at radius 1 is 0.932 bits per heavy atom. The van der Waals surface area contributed by atoms with Gasteiger partial charge in [-0.15, -0.1) is 0 Å². The lowest BCUT2D eigenvalue weighted by Gasteiger charge is -2.59. The fraction of sp³-hybridized carbons (Fsp3) is 0.520. The van der Waals surface area contributed by atoms with E-state index in [0.29, 0.717) is 43.1 Å². The average molecular weight is 802 g/mol. The monoisotopic (exact) mass is 801 g/mol.